The monoisotopic (exact) mass is 373 g/mol. The van der Waals surface area contributed by atoms with Crippen LogP contribution < -0.4 is 19.7 Å². The van der Waals surface area contributed by atoms with Gasteiger partial charge >= 0.3 is 7.87 Å². The fraction of sp³-hybridized carbons (Fsp3) is 0.100. The minimum atomic E-state index is -2.31. The number of allylic oxidation sites excluding steroid dienone is 2. The normalized spacial score (nSPS) is 20.4. The van der Waals surface area contributed by atoms with Gasteiger partial charge in [-0.25, -0.2) is 0 Å². The number of hydrogen-bond donors (Lipinski definition) is 2. The minimum absolute atomic E-state index is 0.923. The van der Waals surface area contributed by atoms with E-state index < -0.39 is 7.87 Å². The van der Waals surface area contributed by atoms with E-state index in [-0.39, 0.29) is 0 Å². The third kappa shape index (κ3) is 1.78. The van der Waals surface area contributed by atoms with E-state index in [4.69, 9.17) is 10.2 Å². The van der Waals surface area contributed by atoms with Crippen molar-refractivity contribution in [3.63, 3.8) is 0 Å². The SMILES string of the molecule is CC1=CC2=NN[P+]3(NN=C4C=C(C)c5ccccc5N43)N2c2ccccc21. The van der Waals surface area contributed by atoms with Crippen molar-refractivity contribution in [2.45, 2.75) is 13.8 Å². The summed E-state index contributed by atoms with van der Waals surface area (Å²) in [5.74, 6) is 1.85. The molecule has 1 spiro atoms. The van der Waals surface area contributed by atoms with Crippen LogP contribution in [0.5, 0.6) is 0 Å². The highest BCUT2D eigenvalue weighted by Crippen LogP contribution is 2.68. The number of amidine groups is 2. The Balaban J connectivity index is 1.57. The first kappa shape index (κ1) is 15.0. The van der Waals surface area contributed by atoms with Gasteiger partial charge in [-0.15, -0.1) is 29.9 Å². The molecule has 0 amide bonds. The van der Waals surface area contributed by atoms with Crippen molar-refractivity contribution in [1.82, 2.24) is 10.4 Å². The van der Waals surface area contributed by atoms with Gasteiger partial charge in [-0.2, -0.15) is 0 Å². The van der Waals surface area contributed by atoms with Gasteiger partial charge in [0.1, 0.15) is 0 Å². The van der Waals surface area contributed by atoms with Gasteiger partial charge in [-0.3, -0.25) is 0 Å². The van der Waals surface area contributed by atoms with E-state index in [9.17, 15) is 0 Å². The Labute approximate surface area is 158 Å². The van der Waals surface area contributed by atoms with Crippen LogP contribution in [-0.4, -0.2) is 11.7 Å². The summed E-state index contributed by atoms with van der Waals surface area (Å²) in [4.78, 5) is 0. The van der Waals surface area contributed by atoms with E-state index in [1.807, 2.05) is 0 Å². The second-order valence-corrected chi connectivity index (χ2v) is 9.46. The molecule has 6 rings (SSSR count). The van der Waals surface area contributed by atoms with Crippen LogP contribution in [0.1, 0.15) is 25.0 Å². The van der Waals surface area contributed by atoms with Gasteiger partial charge in [0, 0.05) is 11.1 Å². The number of hydrazone groups is 2. The molecular weight excluding hydrogens is 355 g/mol. The van der Waals surface area contributed by atoms with Gasteiger partial charge in [0.05, 0.1) is 11.4 Å². The molecule has 2 aromatic rings. The lowest BCUT2D eigenvalue weighted by molar-refractivity contribution is 1.01. The maximum Gasteiger partial charge on any atom is 0.445 e. The Kier molecular flexibility index (Phi) is 2.77. The molecule has 2 aromatic carbocycles. The van der Waals surface area contributed by atoms with Crippen molar-refractivity contribution in [3.05, 3.63) is 71.8 Å². The molecule has 4 aliphatic heterocycles. The second-order valence-electron chi connectivity index (χ2n) is 7.05. The van der Waals surface area contributed by atoms with Crippen molar-refractivity contribution in [1.29, 1.82) is 0 Å². The van der Waals surface area contributed by atoms with Gasteiger partial charge in [0.2, 0.25) is 0 Å². The molecule has 0 aromatic heterocycles. The number of nitrogens with zero attached hydrogens (tertiary/aromatic N) is 4. The van der Waals surface area contributed by atoms with E-state index in [2.05, 4.69) is 94.3 Å². The predicted molar refractivity (Wildman–Crippen MR) is 113 cm³/mol. The Morgan fingerprint density at radius 2 is 1.15 bits per heavy atom. The van der Waals surface area contributed by atoms with Crippen molar-refractivity contribution in [3.8, 4) is 0 Å². The summed E-state index contributed by atoms with van der Waals surface area (Å²) < 4.78 is 4.61. The summed E-state index contributed by atoms with van der Waals surface area (Å²) >= 11 is 0. The average molecular weight is 373 g/mol. The summed E-state index contributed by atoms with van der Waals surface area (Å²) in [6, 6.07) is 17.0. The molecule has 0 radical (unpaired) electrons. The quantitative estimate of drug-likeness (QED) is 0.675. The number of para-hydroxylation sites is 2. The molecule has 27 heavy (non-hydrogen) atoms. The van der Waals surface area contributed by atoms with Crippen LogP contribution in [0.2, 0.25) is 0 Å². The molecule has 0 atom stereocenters. The zero-order valence-corrected chi connectivity index (χ0v) is 15.9. The number of hydrogen-bond acceptors (Lipinski definition) is 6. The van der Waals surface area contributed by atoms with Crippen LogP contribution in [0.4, 0.5) is 11.4 Å². The molecule has 4 heterocycles. The minimum Gasteiger partial charge on any atom is -0.134 e. The van der Waals surface area contributed by atoms with Crippen molar-refractivity contribution < 1.29 is 0 Å². The van der Waals surface area contributed by atoms with Gasteiger partial charge in [-0.05, 0) is 49.3 Å². The van der Waals surface area contributed by atoms with Crippen molar-refractivity contribution in [2.24, 2.45) is 10.2 Å². The van der Waals surface area contributed by atoms with Crippen LogP contribution in [0.25, 0.3) is 11.1 Å². The average Bonchev–Trinajstić information content (AvgIpc) is 3.24. The highest BCUT2D eigenvalue weighted by molar-refractivity contribution is 7.77. The Morgan fingerprint density at radius 3 is 1.63 bits per heavy atom. The standard InChI is InChI=1S/C20H18N6P/c1-13-11-19-21-23-27(25(19)17-9-5-3-7-15(13)17)24-22-20-12-14(2)16-8-4-6-10-18(16)26(20)27/h3-12,23-24H,1-2H3/q+1. The van der Waals surface area contributed by atoms with Crippen LogP contribution in [0.3, 0.4) is 0 Å². The Hall–Kier alpha value is -3.11. The Bertz CT molecular complexity index is 1040. The number of nitrogens with one attached hydrogen (secondary N) is 2. The van der Waals surface area contributed by atoms with E-state index >= 15 is 0 Å². The molecule has 0 fully saturated rings. The summed E-state index contributed by atoms with van der Waals surface area (Å²) in [7, 11) is -2.31. The lowest BCUT2D eigenvalue weighted by Crippen LogP contribution is -2.44. The number of fused-ring (bicyclic) bond motifs is 8. The zero-order chi connectivity index (χ0) is 18.2. The van der Waals surface area contributed by atoms with Gasteiger partial charge in [0.25, 0.3) is 0 Å². The second kappa shape index (κ2) is 4.99. The topological polar surface area (TPSA) is 55.3 Å². The molecule has 0 bridgehead atoms. The first-order chi connectivity index (χ1) is 13.2. The largest absolute Gasteiger partial charge is 0.445 e. The predicted octanol–water partition coefficient (Wildman–Crippen LogP) is 4.34. The van der Waals surface area contributed by atoms with Crippen LogP contribution >= 0.6 is 7.87 Å². The van der Waals surface area contributed by atoms with Crippen LogP contribution in [0.15, 0.2) is 70.9 Å². The van der Waals surface area contributed by atoms with E-state index in [1.165, 1.54) is 22.3 Å². The van der Waals surface area contributed by atoms with Crippen molar-refractivity contribution >= 4 is 42.1 Å². The highest BCUT2D eigenvalue weighted by Gasteiger charge is 2.65. The van der Waals surface area contributed by atoms with Gasteiger partial charge in [0.15, 0.2) is 11.7 Å². The third-order valence-corrected chi connectivity index (χ3v) is 8.18. The Morgan fingerprint density at radius 1 is 0.704 bits per heavy atom. The maximum atomic E-state index is 4.69. The maximum absolute atomic E-state index is 4.69. The molecular formula is C20H18N6P+. The fourth-order valence-electron chi connectivity index (χ4n) is 4.20. The van der Waals surface area contributed by atoms with E-state index in [0.717, 1.165) is 23.0 Å². The molecule has 0 saturated carbocycles. The molecule has 0 unspecified atom stereocenters. The smallest absolute Gasteiger partial charge is 0.134 e. The first-order valence-corrected chi connectivity index (χ1v) is 10.6. The number of rotatable bonds is 0. The number of anilines is 2. The molecule has 0 saturated heterocycles. The lowest BCUT2D eigenvalue weighted by Gasteiger charge is -2.36. The molecule has 0 aliphatic carbocycles. The van der Waals surface area contributed by atoms with E-state index in [1.54, 1.807) is 0 Å². The molecule has 4 aliphatic rings. The molecule has 2 N–H and O–H groups in total. The van der Waals surface area contributed by atoms with Gasteiger partial charge in [-0.1, -0.05) is 36.4 Å². The third-order valence-electron chi connectivity index (χ3n) is 5.43. The van der Waals surface area contributed by atoms with Crippen LogP contribution in [-0.2, 0) is 0 Å². The van der Waals surface area contributed by atoms with Gasteiger partial charge < -0.3 is 0 Å². The highest BCUT2D eigenvalue weighted by atomic mass is 31.2. The summed E-state index contributed by atoms with van der Waals surface area (Å²) in [5.41, 5.74) is 7.21. The summed E-state index contributed by atoms with van der Waals surface area (Å²) in [5, 5.41) is 16.3. The van der Waals surface area contributed by atoms with E-state index in [0.29, 0.717) is 0 Å². The number of benzene rings is 2. The fourth-order valence-corrected chi connectivity index (χ4v) is 7.03. The lowest BCUT2D eigenvalue weighted by atomic mass is 10.0. The molecule has 132 valence electrons. The molecule has 7 heteroatoms. The molecule has 6 nitrogen and oxygen atoms in total. The summed E-state index contributed by atoms with van der Waals surface area (Å²) in [6.07, 6.45) is 4.28. The van der Waals surface area contributed by atoms with Crippen molar-refractivity contribution in [2.75, 3.05) is 9.34 Å². The first-order valence-electron chi connectivity index (χ1n) is 8.95. The zero-order valence-electron chi connectivity index (χ0n) is 15.0. The summed E-state index contributed by atoms with van der Waals surface area (Å²) in [6.45, 7) is 4.27. The van der Waals surface area contributed by atoms with Crippen LogP contribution in [0, 0.1) is 0 Å².